The highest BCUT2D eigenvalue weighted by atomic mass is 16.1. The van der Waals surface area contributed by atoms with Crippen molar-refractivity contribution in [2.75, 3.05) is 0 Å². The summed E-state index contributed by atoms with van der Waals surface area (Å²) < 4.78 is 0. The number of Topliss-reactive ketones (excluding diaryl/α,β-unsaturated/α-hetero) is 1. The van der Waals surface area contributed by atoms with E-state index in [1.165, 1.54) is 32.1 Å². The van der Waals surface area contributed by atoms with E-state index < -0.39 is 0 Å². The van der Waals surface area contributed by atoms with Crippen LogP contribution in [0.25, 0.3) is 0 Å². The van der Waals surface area contributed by atoms with Crippen molar-refractivity contribution in [1.82, 2.24) is 0 Å². The normalized spacial score (nSPS) is 17.1. The Bertz CT molecular complexity index is 155. The Morgan fingerprint density at radius 3 is 1.93 bits per heavy atom. The smallest absolute Gasteiger partial charge is 0.135 e. The van der Waals surface area contributed by atoms with Crippen LogP contribution in [0.5, 0.6) is 0 Å². The van der Waals surface area contributed by atoms with Crippen molar-refractivity contribution in [2.24, 2.45) is 11.8 Å². The van der Waals surface area contributed by atoms with E-state index >= 15 is 0 Å². The van der Waals surface area contributed by atoms with E-state index in [1.807, 2.05) is 20.8 Å². The summed E-state index contributed by atoms with van der Waals surface area (Å²) >= 11 is 0. The summed E-state index contributed by atoms with van der Waals surface area (Å²) in [6.45, 7) is 8.27. The van der Waals surface area contributed by atoms with E-state index in [9.17, 15) is 4.79 Å². The Kier molecular flexibility index (Phi) is 8.74. The minimum Gasteiger partial charge on any atom is -0.299 e. The van der Waals surface area contributed by atoms with Gasteiger partial charge in [0, 0.05) is 12.3 Å². The first-order valence-corrected chi connectivity index (χ1v) is 6.60. The summed E-state index contributed by atoms with van der Waals surface area (Å²) in [6, 6.07) is 0. The highest BCUT2D eigenvalue weighted by molar-refractivity contribution is 5.80. The number of ketones is 1. The molecule has 1 rings (SSSR count). The summed E-state index contributed by atoms with van der Waals surface area (Å²) in [5, 5.41) is 0. The average Bonchev–Trinajstić information content (AvgIpc) is 2.20. The molecule has 1 saturated carbocycles. The topological polar surface area (TPSA) is 17.1 Å². The van der Waals surface area contributed by atoms with Crippen molar-refractivity contribution < 1.29 is 4.79 Å². The Morgan fingerprint density at radius 1 is 1.20 bits per heavy atom. The molecule has 0 aromatic rings. The van der Waals surface area contributed by atoms with Gasteiger partial charge in [0.1, 0.15) is 5.78 Å². The maximum Gasteiger partial charge on any atom is 0.135 e. The van der Waals surface area contributed by atoms with Gasteiger partial charge in [0.15, 0.2) is 0 Å². The third-order valence-electron chi connectivity index (χ3n) is 3.03. The third kappa shape index (κ3) is 8.65. The van der Waals surface area contributed by atoms with E-state index in [-0.39, 0.29) is 5.92 Å². The van der Waals surface area contributed by atoms with E-state index in [0.717, 1.165) is 18.8 Å². The molecule has 15 heavy (non-hydrogen) atoms. The molecular weight excluding hydrogens is 184 g/mol. The number of carbonyl (C=O) groups excluding carboxylic acids is 1. The van der Waals surface area contributed by atoms with E-state index in [4.69, 9.17) is 0 Å². The molecule has 0 saturated heterocycles. The SMILES string of the molecule is CC1CCCCC1.CCCC(=O)C(C)C. The summed E-state index contributed by atoms with van der Waals surface area (Å²) in [5.74, 6) is 1.65. The van der Waals surface area contributed by atoms with Crippen LogP contribution in [0.2, 0.25) is 0 Å². The first-order chi connectivity index (χ1) is 7.07. The molecule has 1 heteroatoms. The minimum absolute atomic E-state index is 0.231. The summed E-state index contributed by atoms with van der Waals surface area (Å²) in [7, 11) is 0. The van der Waals surface area contributed by atoms with Crippen LogP contribution in [-0.4, -0.2) is 5.78 Å². The minimum atomic E-state index is 0.231. The fourth-order valence-corrected chi connectivity index (χ4v) is 1.84. The molecule has 1 aliphatic carbocycles. The molecule has 90 valence electrons. The lowest BCUT2D eigenvalue weighted by Crippen LogP contribution is -2.04. The summed E-state index contributed by atoms with van der Waals surface area (Å²) in [4.78, 5) is 10.7. The molecule has 0 aliphatic heterocycles. The van der Waals surface area contributed by atoms with Crippen LogP contribution in [0.15, 0.2) is 0 Å². The zero-order valence-electron chi connectivity index (χ0n) is 11.0. The van der Waals surface area contributed by atoms with Gasteiger partial charge in [-0.25, -0.2) is 0 Å². The van der Waals surface area contributed by atoms with Crippen molar-refractivity contribution in [3.8, 4) is 0 Å². The molecule has 0 amide bonds. The van der Waals surface area contributed by atoms with Crippen molar-refractivity contribution in [3.63, 3.8) is 0 Å². The second-order valence-corrected chi connectivity index (χ2v) is 5.11. The lowest BCUT2D eigenvalue weighted by atomic mass is 9.91. The van der Waals surface area contributed by atoms with Gasteiger partial charge < -0.3 is 0 Å². The van der Waals surface area contributed by atoms with Gasteiger partial charge in [0.2, 0.25) is 0 Å². The third-order valence-corrected chi connectivity index (χ3v) is 3.03. The number of carbonyl (C=O) groups is 1. The van der Waals surface area contributed by atoms with Gasteiger partial charge >= 0.3 is 0 Å². The molecule has 0 radical (unpaired) electrons. The molecule has 1 nitrogen and oxygen atoms in total. The maximum absolute atomic E-state index is 10.7. The lowest BCUT2D eigenvalue weighted by Gasteiger charge is -2.15. The average molecular weight is 212 g/mol. The molecule has 0 spiro atoms. The van der Waals surface area contributed by atoms with Crippen LogP contribution < -0.4 is 0 Å². The van der Waals surface area contributed by atoms with Crippen molar-refractivity contribution >= 4 is 5.78 Å². The predicted octanol–water partition coefficient (Wildman–Crippen LogP) is 4.60. The fraction of sp³-hybridized carbons (Fsp3) is 0.929. The highest BCUT2D eigenvalue weighted by Crippen LogP contribution is 2.22. The quantitative estimate of drug-likeness (QED) is 0.668. The van der Waals surface area contributed by atoms with Crippen molar-refractivity contribution in [3.05, 3.63) is 0 Å². The lowest BCUT2D eigenvalue weighted by molar-refractivity contribution is -0.121. The zero-order valence-corrected chi connectivity index (χ0v) is 11.0. The van der Waals surface area contributed by atoms with E-state index in [2.05, 4.69) is 6.92 Å². The van der Waals surface area contributed by atoms with Crippen LogP contribution in [0, 0.1) is 11.8 Å². The second-order valence-electron chi connectivity index (χ2n) is 5.11. The number of rotatable bonds is 3. The van der Waals surface area contributed by atoms with E-state index in [0.29, 0.717) is 5.78 Å². The van der Waals surface area contributed by atoms with Gasteiger partial charge in [0.25, 0.3) is 0 Å². The largest absolute Gasteiger partial charge is 0.299 e. The zero-order chi connectivity index (χ0) is 11.7. The molecule has 0 aromatic carbocycles. The molecule has 0 aromatic heterocycles. The predicted molar refractivity (Wildman–Crippen MR) is 67.0 cm³/mol. The van der Waals surface area contributed by atoms with Gasteiger partial charge in [-0.3, -0.25) is 4.79 Å². The molecule has 0 bridgehead atoms. The van der Waals surface area contributed by atoms with Crippen LogP contribution in [0.1, 0.15) is 72.6 Å². The summed E-state index contributed by atoms with van der Waals surface area (Å²) in [6.07, 6.45) is 9.17. The highest BCUT2D eigenvalue weighted by Gasteiger charge is 2.06. The van der Waals surface area contributed by atoms with Gasteiger partial charge in [-0.15, -0.1) is 0 Å². The number of hydrogen-bond donors (Lipinski definition) is 0. The van der Waals surface area contributed by atoms with Crippen LogP contribution >= 0.6 is 0 Å². The monoisotopic (exact) mass is 212 g/mol. The van der Waals surface area contributed by atoms with Crippen LogP contribution in [0.4, 0.5) is 0 Å². The molecule has 0 unspecified atom stereocenters. The van der Waals surface area contributed by atoms with Gasteiger partial charge in [0.05, 0.1) is 0 Å². The standard InChI is InChI=1S/C7H14O.C7H14/c1-4-5-7(8)6(2)3;1-7-5-3-2-4-6-7/h6H,4-5H2,1-3H3;7H,2-6H2,1H3. The molecule has 0 atom stereocenters. The second kappa shape index (κ2) is 8.94. The Hall–Kier alpha value is -0.330. The van der Waals surface area contributed by atoms with Crippen LogP contribution in [0.3, 0.4) is 0 Å². The van der Waals surface area contributed by atoms with Gasteiger partial charge in [-0.1, -0.05) is 59.8 Å². The first-order valence-electron chi connectivity index (χ1n) is 6.60. The maximum atomic E-state index is 10.7. The molecule has 1 fully saturated rings. The summed E-state index contributed by atoms with van der Waals surface area (Å²) in [5.41, 5.74) is 0. The Morgan fingerprint density at radius 2 is 1.73 bits per heavy atom. The first kappa shape index (κ1) is 14.7. The molecule has 1 aliphatic rings. The Labute approximate surface area is 95.6 Å². The molecular formula is C14H28O. The number of hydrogen-bond acceptors (Lipinski definition) is 1. The van der Waals surface area contributed by atoms with E-state index in [1.54, 1.807) is 0 Å². The van der Waals surface area contributed by atoms with Gasteiger partial charge in [-0.05, 0) is 12.3 Å². The fourth-order valence-electron chi connectivity index (χ4n) is 1.84. The van der Waals surface area contributed by atoms with Crippen molar-refractivity contribution in [1.29, 1.82) is 0 Å². The Balaban J connectivity index is 0.000000262. The van der Waals surface area contributed by atoms with Gasteiger partial charge in [-0.2, -0.15) is 0 Å². The molecule has 0 heterocycles. The molecule has 0 N–H and O–H groups in total. The van der Waals surface area contributed by atoms with Crippen molar-refractivity contribution in [2.45, 2.75) is 72.6 Å². The van der Waals surface area contributed by atoms with Crippen LogP contribution in [-0.2, 0) is 4.79 Å².